The Morgan fingerprint density at radius 3 is 2.88 bits per heavy atom. The maximum atomic E-state index is 12.9. The topological polar surface area (TPSA) is 102 Å². The van der Waals surface area contributed by atoms with Crippen molar-refractivity contribution >= 4 is 39.1 Å². The van der Waals surface area contributed by atoms with Gasteiger partial charge in [-0.1, -0.05) is 6.07 Å². The summed E-state index contributed by atoms with van der Waals surface area (Å²) in [6.45, 7) is 1.64. The van der Waals surface area contributed by atoms with Crippen LogP contribution in [-0.4, -0.2) is 49.9 Å². The van der Waals surface area contributed by atoms with Crippen molar-refractivity contribution in [1.82, 2.24) is 24.6 Å². The highest BCUT2D eigenvalue weighted by Gasteiger charge is 2.44. The number of halogens is 3. The second-order valence-corrected chi connectivity index (χ2v) is 9.04. The lowest BCUT2D eigenvalue weighted by Gasteiger charge is -2.19. The third kappa shape index (κ3) is 4.04. The van der Waals surface area contributed by atoms with Gasteiger partial charge in [0, 0.05) is 41.5 Å². The number of nitrogens with zero attached hydrogens (tertiary/aromatic N) is 5. The van der Waals surface area contributed by atoms with E-state index in [1.807, 2.05) is 24.6 Å². The van der Waals surface area contributed by atoms with Crippen LogP contribution < -0.4 is 11.1 Å². The molecule has 1 aromatic carbocycles. The number of nitrogen functional groups attached to an aromatic ring is 1. The number of benzene rings is 1. The van der Waals surface area contributed by atoms with Crippen molar-refractivity contribution in [3.05, 3.63) is 47.9 Å². The summed E-state index contributed by atoms with van der Waals surface area (Å²) in [6, 6.07) is 4.73. The number of aromatic nitrogens is 4. The van der Waals surface area contributed by atoms with Crippen molar-refractivity contribution in [1.29, 1.82) is 0 Å². The Morgan fingerprint density at radius 2 is 2.12 bits per heavy atom. The summed E-state index contributed by atoms with van der Waals surface area (Å²) in [6.07, 6.45) is 0.607. The molecule has 3 aromatic heterocycles. The van der Waals surface area contributed by atoms with E-state index in [9.17, 15) is 18.0 Å². The molecule has 1 fully saturated rings. The zero-order valence-corrected chi connectivity index (χ0v) is 18.8. The first kappa shape index (κ1) is 22.1. The minimum absolute atomic E-state index is 0.0694. The predicted molar refractivity (Wildman–Crippen MR) is 124 cm³/mol. The van der Waals surface area contributed by atoms with Crippen LogP contribution in [-0.2, 0) is 0 Å². The lowest BCUT2D eigenvalue weighted by molar-refractivity contribution is -0.169. The minimum Gasteiger partial charge on any atom is -0.382 e. The Hall–Kier alpha value is -3.67. The summed E-state index contributed by atoms with van der Waals surface area (Å²) in [7, 11) is 0. The number of carbonyl (C=O) groups excluding carboxylic acids is 1. The first-order valence-corrected chi connectivity index (χ1v) is 11.3. The lowest BCUT2D eigenvalue weighted by Crippen LogP contribution is -2.35. The maximum Gasteiger partial charge on any atom is 0.393 e. The number of hydrogen-bond donors (Lipinski definition) is 2. The molecular formula is C22H20F3N7OS. The number of nitrogens with one attached hydrogen (secondary N) is 1. The zero-order chi connectivity index (χ0) is 24.0. The molecule has 12 heteroatoms. The van der Waals surface area contributed by atoms with Crippen molar-refractivity contribution in [2.24, 2.45) is 5.92 Å². The van der Waals surface area contributed by atoms with Gasteiger partial charge in [-0.05, 0) is 31.0 Å². The summed E-state index contributed by atoms with van der Waals surface area (Å²) < 4.78 is 41.3. The number of aryl methyl sites for hydroxylation is 1. The van der Waals surface area contributed by atoms with Crippen molar-refractivity contribution in [3.63, 3.8) is 0 Å². The van der Waals surface area contributed by atoms with Gasteiger partial charge in [0.2, 0.25) is 0 Å². The van der Waals surface area contributed by atoms with E-state index in [2.05, 4.69) is 20.4 Å². The second-order valence-electron chi connectivity index (χ2n) is 8.16. The molecule has 34 heavy (non-hydrogen) atoms. The number of urea groups is 1. The van der Waals surface area contributed by atoms with Crippen LogP contribution in [0.5, 0.6) is 0 Å². The van der Waals surface area contributed by atoms with Crippen LogP contribution >= 0.6 is 11.3 Å². The Kier molecular flexibility index (Phi) is 5.39. The molecule has 1 aliphatic rings. The van der Waals surface area contributed by atoms with Gasteiger partial charge in [-0.25, -0.2) is 19.4 Å². The molecule has 1 saturated heterocycles. The number of fused-ring (bicyclic) bond motifs is 1. The van der Waals surface area contributed by atoms with Gasteiger partial charge < -0.3 is 16.0 Å². The smallest absolute Gasteiger partial charge is 0.382 e. The molecule has 1 atom stereocenters. The van der Waals surface area contributed by atoms with Crippen LogP contribution in [0.25, 0.3) is 27.0 Å². The SMILES string of the molecule is Cc1ccc(NC(=O)N2CCC(C(F)(F)F)C2)cc1-n1cc(-c2csc3c(N)ncnc23)cn1. The number of nitrogens with two attached hydrogens (primary N) is 1. The Balaban J connectivity index is 1.37. The first-order valence-electron chi connectivity index (χ1n) is 10.5. The van der Waals surface area contributed by atoms with Gasteiger partial charge in [0.05, 0.1) is 28.0 Å². The molecule has 0 saturated carbocycles. The average Bonchev–Trinajstić information content (AvgIpc) is 3.54. The Morgan fingerprint density at radius 1 is 1.29 bits per heavy atom. The molecule has 176 valence electrons. The van der Waals surface area contributed by atoms with Crippen LogP contribution in [0.3, 0.4) is 0 Å². The monoisotopic (exact) mass is 487 g/mol. The summed E-state index contributed by atoms with van der Waals surface area (Å²) in [4.78, 5) is 22.1. The predicted octanol–water partition coefficient (Wildman–Crippen LogP) is 4.85. The molecule has 4 heterocycles. The molecular weight excluding hydrogens is 467 g/mol. The Bertz CT molecular complexity index is 1380. The van der Waals surface area contributed by atoms with Gasteiger partial charge in [0.15, 0.2) is 0 Å². The van der Waals surface area contributed by atoms with E-state index in [-0.39, 0.29) is 19.5 Å². The minimum atomic E-state index is -4.30. The molecule has 1 unspecified atom stereocenters. The standard InChI is InChI=1S/C22H20F3N7OS/c1-12-2-3-15(30-21(33)31-5-4-14(9-31)22(23,24)25)6-17(12)32-8-13(7-29-32)16-10-34-19-18(16)27-11-28-20(19)26/h2-3,6-8,10-11,14H,4-5,9H2,1H3,(H,30,33)(H2,26,27,28). The van der Waals surface area contributed by atoms with E-state index in [1.165, 1.54) is 22.6 Å². The molecule has 0 spiro atoms. The van der Waals surface area contributed by atoms with Crippen molar-refractivity contribution in [2.45, 2.75) is 19.5 Å². The molecule has 3 N–H and O–H groups in total. The molecule has 1 aliphatic heterocycles. The molecule has 0 bridgehead atoms. The number of amides is 2. The van der Waals surface area contributed by atoms with Gasteiger partial charge in [-0.2, -0.15) is 18.3 Å². The molecule has 0 radical (unpaired) electrons. The van der Waals surface area contributed by atoms with E-state index in [1.54, 1.807) is 23.0 Å². The third-order valence-electron chi connectivity index (χ3n) is 5.92. The summed E-state index contributed by atoms with van der Waals surface area (Å²) in [5, 5.41) is 9.12. The van der Waals surface area contributed by atoms with Crippen LogP contribution in [0.1, 0.15) is 12.0 Å². The third-order valence-corrected chi connectivity index (χ3v) is 6.91. The normalized spacial score (nSPS) is 16.4. The fourth-order valence-corrected chi connectivity index (χ4v) is 4.95. The summed E-state index contributed by atoms with van der Waals surface area (Å²) >= 11 is 1.46. The first-order chi connectivity index (χ1) is 16.2. The van der Waals surface area contributed by atoms with Gasteiger partial charge in [-0.15, -0.1) is 11.3 Å². The van der Waals surface area contributed by atoms with E-state index in [0.29, 0.717) is 11.5 Å². The summed E-state index contributed by atoms with van der Waals surface area (Å²) in [5.74, 6) is -1.06. The van der Waals surface area contributed by atoms with E-state index < -0.39 is 18.1 Å². The lowest BCUT2D eigenvalue weighted by atomic mass is 10.1. The largest absolute Gasteiger partial charge is 0.393 e. The number of anilines is 2. The second kappa shape index (κ2) is 8.28. The Labute approximate surface area is 196 Å². The maximum absolute atomic E-state index is 12.9. The van der Waals surface area contributed by atoms with E-state index in [0.717, 1.165) is 32.6 Å². The molecule has 2 amide bonds. The summed E-state index contributed by atoms with van der Waals surface area (Å²) in [5.41, 5.74) is 10.5. The highest BCUT2D eigenvalue weighted by atomic mass is 32.1. The number of carbonyl (C=O) groups is 1. The molecule has 8 nitrogen and oxygen atoms in total. The van der Waals surface area contributed by atoms with Crippen LogP contribution in [0.15, 0.2) is 42.3 Å². The number of rotatable bonds is 3. The van der Waals surface area contributed by atoms with Crippen LogP contribution in [0.2, 0.25) is 0 Å². The highest BCUT2D eigenvalue weighted by Crippen LogP contribution is 2.35. The number of alkyl halides is 3. The number of likely N-dealkylation sites (tertiary alicyclic amines) is 1. The number of thiophene rings is 1. The molecule has 0 aliphatic carbocycles. The van der Waals surface area contributed by atoms with E-state index in [4.69, 9.17) is 5.73 Å². The highest BCUT2D eigenvalue weighted by molar-refractivity contribution is 7.18. The number of hydrogen-bond acceptors (Lipinski definition) is 6. The van der Waals surface area contributed by atoms with Gasteiger partial charge >= 0.3 is 12.2 Å². The van der Waals surface area contributed by atoms with Crippen molar-refractivity contribution in [3.8, 4) is 16.8 Å². The average molecular weight is 488 g/mol. The van der Waals surface area contributed by atoms with Crippen molar-refractivity contribution in [2.75, 3.05) is 24.1 Å². The zero-order valence-electron chi connectivity index (χ0n) is 18.0. The van der Waals surface area contributed by atoms with Gasteiger partial charge in [0.25, 0.3) is 0 Å². The van der Waals surface area contributed by atoms with Crippen molar-refractivity contribution < 1.29 is 18.0 Å². The fourth-order valence-electron chi connectivity index (χ4n) is 4.02. The molecule has 4 aromatic rings. The van der Waals surface area contributed by atoms with Crippen LogP contribution in [0, 0.1) is 12.8 Å². The van der Waals surface area contributed by atoms with Crippen LogP contribution in [0.4, 0.5) is 29.5 Å². The quantitative estimate of drug-likeness (QED) is 0.430. The van der Waals surface area contributed by atoms with Gasteiger partial charge in [-0.3, -0.25) is 0 Å². The fraction of sp³-hybridized carbons (Fsp3) is 0.273. The van der Waals surface area contributed by atoms with E-state index >= 15 is 0 Å². The molecule has 5 rings (SSSR count). The van der Waals surface area contributed by atoms with Gasteiger partial charge in [0.1, 0.15) is 12.1 Å².